The minimum Gasteiger partial charge on any atom is -0.416 e. The normalized spacial score (nSPS) is 13.2. The molecule has 0 unspecified atom stereocenters. The maximum atomic E-state index is 16.2. The van der Waals surface area contributed by atoms with Crippen LogP contribution in [-0.2, 0) is 24.7 Å². The molecule has 10 nitrogen and oxygen atoms in total. The third-order valence-electron chi connectivity index (χ3n) is 8.41. The summed E-state index contributed by atoms with van der Waals surface area (Å²) in [5.74, 6) is -3.48. The largest absolute Gasteiger partial charge is 0.416 e. The molecule has 0 fully saturated rings. The molecule has 1 atom stereocenters. The van der Waals surface area contributed by atoms with E-state index in [4.69, 9.17) is 9.41 Å². The summed E-state index contributed by atoms with van der Waals surface area (Å²) in [6.07, 6.45) is 1.78. The van der Waals surface area contributed by atoms with Crippen LogP contribution in [0.3, 0.4) is 0 Å². The fraction of sp³-hybridized carbons (Fsp3) is 0.429. The second-order valence-corrected chi connectivity index (χ2v) is 22.2. The van der Waals surface area contributed by atoms with Crippen molar-refractivity contribution in [1.29, 1.82) is 0 Å². The van der Waals surface area contributed by atoms with Crippen molar-refractivity contribution < 1.29 is 30.8 Å². The predicted molar refractivity (Wildman–Crippen MR) is 198 cm³/mol. The van der Waals surface area contributed by atoms with Crippen LogP contribution < -0.4 is 15.4 Å². The molecule has 2 heterocycles. The van der Waals surface area contributed by atoms with Gasteiger partial charge in [-0.3, -0.25) is 9.52 Å². The standard InChI is InChI=1S/C35H45F3N6O4S2Si/c1-21(41-27(45)17-19-48-51(8,9)35(5,6)7)20-40-33-39-18-16-26(42-33)30-29(43-32(49-30)34(2,3)4)22-12-10-15-25(28(22)38)44-50(46,47)31-23(36)13-11-14-24(31)37/h10-16,18,21,44H,17,19-20H2,1-9H3,(H,41,45)(H,39,40,42)/t21-/m0/s1. The van der Waals surface area contributed by atoms with E-state index in [1.54, 1.807) is 6.07 Å². The summed E-state index contributed by atoms with van der Waals surface area (Å²) in [4.78, 5) is 25.6. The molecule has 2 aromatic carbocycles. The number of rotatable bonds is 13. The fourth-order valence-corrected chi connectivity index (χ4v) is 7.91. The molecular weight excluding hydrogens is 718 g/mol. The van der Waals surface area contributed by atoms with Gasteiger partial charge in [0.25, 0.3) is 10.0 Å². The fourth-order valence-electron chi connectivity index (χ4n) is 4.55. The summed E-state index contributed by atoms with van der Waals surface area (Å²) >= 11 is 1.30. The summed E-state index contributed by atoms with van der Waals surface area (Å²) in [7, 11) is -6.79. The van der Waals surface area contributed by atoms with E-state index in [1.807, 2.05) is 32.4 Å². The summed E-state index contributed by atoms with van der Waals surface area (Å²) in [5, 5.41) is 6.80. The predicted octanol–water partition coefficient (Wildman–Crippen LogP) is 8.11. The summed E-state index contributed by atoms with van der Waals surface area (Å²) < 4.78 is 78.9. The Bertz CT molecular complexity index is 1980. The van der Waals surface area contributed by atoms with Crippen LogP contribution in [0.5, 0.6) is 0 Å². The maximum absolute atomic E-state index is 16.2. The molecule has 0 aliphatic heterocycles. The third kappa shape index (κ3) is 9.72. The van der Waals surface area contributed by atoms with Gasteiger partial charge in [-0.25, -0.2) is 36.5 Å². The Kier molecular flexibility index (Phi) is 12.0. The minimum absolute atomic E-state index is 0.0482. The van der Waals surface area contributed by atoms with Crippen molar-refractivity contribution in [2.45, 2.75) is 89.4 Å². The van der Waals surface area contributed by atoms with Gasteiger partial charge >= 0.3 is 0 Å². The molecule has 0 aliphatic rings. The Hall–Kier alpha value is -3.86. The van der Waals surface area contributed by atoms with Crippen LogP contribution in [0.25, 0.3) is 21.8 Å². The minimum atomic E-state index is -4.84. The highest BCUT2D eigenvalue weighted by molar-refractivity contribution is 7.92. The number of carbonyl (C=O) groups excluding carboxylic acids is 1. The smallest absolute Gasteiger partial charge is 0.267 e. The highest BCUT2D eigenvalue weighted by atomic mass is 32.2. The number of anilines is 2. The average Bonchev–Trinajstić information content (AvgIpc) is 3.46. The van der Waals surface area contributed by atoms with Crippen molar-refractivity contribution in [3.05, 3.63) is 71.1 Å². The van der Waals surface area contributed by atoms with Crippen molar-refractivity contribution in [3.8, 4) is 21.8 Å². The Labute approximate surface area is 302 Å². The first-order chi connectivity index (χ1) is 23.6. The summed E-state index contributed by atoms with van der Waals surface area (Å²) in [6, 6.07) is 8.02. The van der Waals surface area contributed by atoms with E-state index in [0.717, 1.165) is 24.3 Å². The molecule has 0 radical (unpaired) electrons. The van der Waals surface area contributed by atoms with Gasteiger partial charge in [0.1, 0.15) is 11.6 Å². The SMILES string of the molecule is C[C@@H](CNc1nccc(-c2sc(C(C)(C)C)nc2-c2cccc(NS(=O)(=O)c3c(F)cccc3F)c2F)n1)NC(=O)CCO[Si](C)(C)C(C)(C)C. The molecule has 2 aromatic heterocycles. The van der Waals surface area contributed by atoms with Crippen LogP contribution in [0.1, 0.15) is 59.9 Å². The van der Waals surface area contributed by atoms with Crippen LogP contribution in [0.15, 0.2) is 53.6 Å². The maximum Gasteiger partial charge on any atom is 0.267 e. The lowest BCUT2D eigenvalue weighted by Gasteiger charge is -2.36. The van der Waals surface area contributed by atoms with Gasteiger partial charge < -0.3 is 15.1 Å². The Morgan fingerprint density at radius 2 is 1.63 bits per heavy atom. The molecule has 0 bridgehead atoms. The number of thiazole rings is 1. The number of benzene rings is 2. The zero-order valence-corrected chi connectivity index (χ0v) is 32.9. The van der Waals surface area contributed by atoms with Crippen LogP contribution in [0, 0.1) is 17.5 Å². The van der Waals surface area contributed by atoms with E-state index in [2.05, 4.69) is 54.5 Å². The molecule has 0 saturated heterocycles. The van der Waals surface area contributed by atoms with Crippen molar-refractivity contribution >= 4 is 47.2 Å². The molecule has 276 valence electrons. The number of halogens is 3. The van der Waals surface area contributed by atoms with E-state index in [-0.39, 0.29) is 40.6 Å². The van der Waals surface area contributed by atoms with Crippen molar-refractivity contribution in [3.63, 3.8) is 0 Å². The van der Waals surface area contributed by atoms with Crippen molar-refractivity contribution in [2.75, 3.05) is 23.2 Å². The number of amides is 1. The van der Waals surface area contributed by atoms with Crippen molar-refractivity contribution in [1.82, 2.24) is 20.3 Å². The molecule has 0 aliphatic carbocycles. The molecule has 4 aromatic rings. The van der Waals surface area contributed by atoms with Crippen LogP contribution in [-0.4, -0.2) is 56.8 Å². The molecule has 16 heteroatoms. The van der Waals surface area contributed by atoms with Gasteiger partial charge in [-0.2, -0.15) is 0 Å². The number of hydrogen-bond donors (Lipinski definition) is 3. The van der Waals surface area contributed by atoms with Crippen LogP contribution >= 0.6 is 11.3 Å². The van der Waals surface area contributed by atoms with Gasteiger partial charge in [0.2, 0.25) is 11.9 Å². The highest BCUT2D eigenvalue weighted by Crippen LogP contribution is 2.42. The van der Waals surface area contributed by atoms with Gasteiger partial charge in [0.15, 0.2) is 19.0 Å². The van der Waals surface area contributed by atoms with E-state index < -0.39 is 51.8 Å². The summed E-state index contributed by atoms with van der Waals surface area (Å²) in [6.45, 7) is 19.1. The number of sulfonamides is 1. The quantitative estimate of drug-likeness (QED) is 0.116. The van der Waals surface area contributed by atoms with E-state index in [9.17, 15) is 22.0 Å². The Balaban J connectivity index is 1.55. The zero-order valence-electron chi connectivity index (χ0n) is 30.2. The monoisotopic (exact) mass is 762 g/mol. The van der Waals surface area contributed by atoms with E-state index >= 15 is 4.39 Å². The van der Waals surface area contributed by atoms with Gasteiger partial charge in [-0.05, 0) is 55.4 Å². The molecule has 4 rings (SSSR count). The van der Waals surface area contributed by atoms with Crippen LogP contribution in [0.2, 0.25) is 18.1 Å². The Morgan fingerprint density at radius 1 is 0.980 bits per heavy atom. The van der Waals surface area contributed by atoms with E-state index in [0.29, 0.717) is 28.7 Å². The Morgan fingerprint density at radius 3 is 2.25 bits per heavy atom. The zero-order chi connectivity index (χ0) is 37.9. The lowest BCUT2D eigenvalue weighted by Crippen LogP contribution is -2.42. The number of carbonyl (C=O) groups is 1. The topological polar surface area (TPSA) is 135 Å². The second-order valence-electron chi connectivity index (χ2n) is 14.7. The molecule has 1 amide bonds. The first-order valence-corrected chi connectivity index (χ1v) is 21.6. The number of hydrogen-bond acceptors (Lipinski definition) is 9. The van der Waals surface area contributed by atoms with Gasteiger partial charge in [-0.15, -0.1) is 11.3 Å². The first kappa shape index (κ1) is 39.9. The second kappa shape index (κ2) is 15.4. The first-order valence-electron chi connectivity index (χ1n) is 16.4. The molecule has 3 N–H and O–H groups in total. The molecule has 51 heavy (non-hydrogen) atoms. The summed E-state index contributed by atoms with van der Waals surface area (Å²) in [5.41, 5.74) is -0.376. The molecular formula is C35H45F3N6O4S2Si. The van der Waals surface area contributed by atoms with Crippen LogP contribution in [0.4, 0.5) is 24.8 Å². The van der Waals surface area contributed by atoms with Gasteiger partial charge in [0.05, 0.1) is 27.0 Å². The van der Waals surface area contributed by atoms with Gasteiger partial charge in [0, 0.05) is 42.8 Å². The highest BCUT2D eigenvalue weighted by Gasteiger charge is 2.37. The van der Waals surface area contributed by atoms with Crippen molar-refractivity contribution in [2.24, 2.45) is 0 Å². The van der Waals surface area contributed by atoms with Gasteiger partial charge in [-0.1, -0.05) is 53.7 Å². The average molecular weight is 763 g/mol. The molecule has 0 spiro atoms. The molecule has 0 saturated carbocycles. The van der Waals surface area contributed by atoms with E-state index in [1.165, 1.54) is 29.7 Å². The number of nitrogens with zero attached hydrogens (tertiary/aromatic N) is 3. The number of aromatic nitrogens is 3. The lowest BCUT2D eigenvalue weighted by molar-refractivity contribution is -0.122. The number of nitrogens with one attached hydrogen (secondary N) is 3. The third-order valence-corrected chi connectivity index (χ3v) is 15.9. The lowest BCUT2D eigenvalue weighted by atomic mass is 9.98.